The van der Waals surface area contributed by atoms with Crippen LogP contribution >= 0.6 is 22.6 Å². The maximum atomic E-state index is 13.5. The summed E-state index contributed by atoms with van der Waals surface area (Å²) in [5, 5.41) is 7.74. The van der Waals surface area contributed by atoms with Crippen molar-refractivity contribution in [3.05, 3.63) is 54.2 Å². The van der Waals surface area contributed by atoms with E-state index >= 15 is 0 Å². The highest BCUT2D eigenvalue weighted by Gasteiger charge is 2.36. The molecule has 0 amide bonds. The van der Waals surface area contributed by atoms with Gasteiger partial charge in [0, 0.05) is 30.8 Å². The van der Waals surface area contributed by atoms with Crippen molar-refractivity contribution in [2.75, 3.05) is 50.1 Å². The van der Waals surface area contributed by atoms with Gasteiger partial charge in [-0.2, -0.15) is 0 Å². The number of fused-ring (bicyclic) bond motifs is 1. The Balaban J connectivity index is 1.81. The Hall–Kier alpha value is -1.89. The van der Waals surface area contributed by atoms with Crippen molar-refractivity contribution in [1.82, 2.24) is 19.5 Å². The summed E-state index contributed by atoms with van der Waals surface area (Å²) in [5.74, 6) is 0.665. The number of aromatic nitrogens is 2. The van der Waals surface area contributed by atoms with Gasteiger partial charge in [-0.15, -0.1) is 0 Å². The molecule has 2 aromatic rings. The molecule has 0 unspecified atom stereocenters. The highest BCUT2D eigenvalue weighted by atomic mass is 127. The van der Waals surface area contributed by atoms with E-state index in [0.29, 0.717) is 38.0 Å². The molecule has 0 bridgehead atoms. The molecule has 4 rings (SSSR count). The fraction of sp³-hybridized carbons (Fsp3) is 0.524. The Kier molecular flexibility index (Phi) is 6.99. The van der Waals surface area contributed by atoms with Crippen LogP contribution < -0.4 is 26.5 Å². The lowest BCUT2D eigenvalue weighted by atomic mass is 10.2. The van der Waals surface area contributed by atoms with Crippen LogP contribution in [-0.2, 0) is 24.9 Å². The van der Waals surface area contributed by atoms with Gasteiger partial charge in [-0.05, 0) is 53.6 Å². The van der Waals surface area contributed by atoms with Crippen molar-refractivity contribution >= 4 is 34.1 Å². The topological polar surface area (TPSA) is 75.0 Å². The highest BCUT2D eigenvalue weighted by molar-refractivity contribution is 14.1. The molecule has 168 valence electrons. The van der Waals surface area contributed by atoms with Crippen LogP contribution in [0.25, 0.3) is 0 Å². The molecule has 3 heterocycles. The summed E-state index contributed by atoms with van der Waals surface area (Å²) in [6.45, 7) is 4.21. The smallest absolute Gasteiger partial charge is 0.332 e. The molecule has 0 spiro atoms. The number of ether oxygens (including phenoxy) is 1. The van der Waals surface area contributed by atoms with Crippen LogP contribution in [0.4, 0.5) is 11.5 Å². The fourth-order valence-corrected chi connectivity index (χ4v) is 4.77. The van der Waals surface area contributed by atoms with Gasteiger partial charge in [0.05, 0.1) is 19.8 Å². The third-order valence-corrected chi connectivity index (χ3v) is 6.91. The lowest BCUT2D eigenvalue weighted by Crippen LogP contribution is -2.49. The van der Waals surface area contributed by atoms with Gasteiger partial charge in [-0.25, -0.2) is 9.80 Å². The number of nitrogens with one attached hydrogen (secondary N) is 1. The number of hydrazine groups is 1. The van der Waals surface area contributed by atoms with E-state index in [1.54, 1.807) is 18.7 Å². The maximum Gasteiger partial charge on any atom is 0.332 e. The molecule has 31 heavy (non-hydrogen) atoms. The minimum absolute atomic E-state index is 0.233. The number of benzene rings is 1. The van der Waals surface area contributed by atoms with Crippen molar-refractivity contribution < 1.29 is 4.74 Å². The lowest BCUT2D eigenvalue weighted by Gasteiger charge is -2.33. The van der Waals surface area contributed by atoms with Crippen LogP contribution in [0.1, 0.15) is 18.4 Å². The molecule has 10 heteroatoms. The average Bonchev–Trinajstić information content (AvgIpc) is 2.94. The first kappa shape index (κ1) is 22.3. The SMILES string of the molecule is COCCn1c(=O)c2c(n(C)c1=O)N(N1CCCCNC1)CN2Cc1ccccc1I. The predicted octanol–water partition coefficient (Wildman–Crippen LogP) is 1.14. The van der Waals surface area contributed by atoms with Crippen molar-refractivity contribution in [2.24, 2.45) is 7.05 Å². The zero-order valence-corrected chi connectivity index (χ0v) is 20.2. The van der Waals surface area contributed by atoms with Crippen molar-refractivity contribution in [3.63, 3.8) is 0 Å². The molecular formula is C21H29IN6O3. The summed E-state index contributed by atoms with van der Waals surface area (Å²) >= 11 is 2.33. The van der Waals surface area contributed by atoms with Crippen LogP contribution in [0.2, 0.25) is 0 Å². The Labute approximate surface area is 195 Å². The third kappa shape index (κ3) is 4.38. The van der Waals surface area contributed by atoms with Gasteiger partial charge in [-0.3, -0.25) is 18.9 Å². The molecule has 1 N–H and O–H groups in total. The number of anilines is 2. The predicted molar refractivity (Wildman–Crippen MR) is 129 cm³/mol. The Morgan fingerprint density at radius 3 is 2.77 bits per heavy atom. The van der Waals surface area contributed by atoms with Crippen LogP contribution in [-0.4, -0.2) is 54.3 Å². The Morgan fingerprint density at radius 1 is 1.19 bits per heavy atom. The molecule has 2 aliphatic rings. The first-order valence-corrected chi connectivity index (χ1v) is 11.6. The fourth-order valence-electron chi connectivity index (χ4n) is 4.21. The zero-order valence-electron chi connectivity index (χ0n) is 18.0. The summed E-state index contributed by atoms with van der Waals surface area (Å²) in [5.41, 5.74) is 1.15. The zero-order chi connectivity index (χ0) is 22.0. The van der Waals surface area contributed by atoms with Crippen molar-refractivity contribution in [1.29, 1.82) is 0 Å². The van der Waals surface area contributed by atoms with Gasteiger partial charge in [0.15, 0.2) is 5.82 Å². The number of hydrogen-bond donors (Lipinski definition) is 1. The van der Waals surface area contributed by atoms with E-state index in [4.69, 9.17) is 4.74 Å². The molecule has 1 aromatic heterocycles. The maximum absolute atomic E-state index is 13.5. The van der Waals surface area contributed by atoms with Crippen LogP contribution in [0, 0.1) is 3.57 Å². The van der Waals surface area contributed by atoms with Crippen molar-refractivity contribution in [2.45, 2.75) is 25.9 Å². The lowest BCUT2D eigenvalue weighted by molar-refractivity contribution is 0.184. The summed E-state index contributed by atoms with van der Waals surface area (Å²) < 4.78 is 9.18. The quantitative estimate of drug-likeness (QED) is 0.552. The van der Waals surface area contributed by atoms with Crippen LogP contribution in [0.5, 0.6) is 0 Å². The van der Waals surface area contributed by atoms with E-state index in [-0.39, 0.29) is 17.8 Å². The van der Waals surface area contributed by atoms with Crippen LogP contribution in [0.3, 0.4) is 0 Å². The normalized spacial score (nSPS) is 17.1. The summed E-state index contributed by atoms with van der Waals surface area (Å²) in [6.07, 6.45) is 2.18. The van der Waals surface area contributed by atoms with Gasteiger partial charge < -0.3 is 15.0 Å². The number of hydrogen-bond acceptors (Lipinski definition) is 7. The first-order valence-electron chi connectivity index (χ1n) is 10.6. The molecule has 0 aliphatic carbocycles. The summed E-state index contributed by atoms with van der Waals surface area (Å²) in [6, 6.07) is 8.19. The second-order valence-electron chi connectivity index (χ2n) is 7.89. The van der Waals surface area contributed by atoms with E-state index in [2.05, 4.69) is 55.0 Å². The van der Waals surface area contributed by atoms with E-state index < -0.39 is 0 Å². The van der Waals surface area contributed by atoms with Crippen LogP contribution in [0.15, 0.2) is 33.9 Å². The van der Waals surface area contributed by atoms with E-state index in [0.717, 1.165) is 35.1 Å². The molecule has 0 atom stereocenters. The monoisotopic (exact) mass is 540 g/mol. The largest absolute Gasteiger partial charge is 0.383 e. The molecule has 0 saturated carbocycles. The molecule has 2 aliphatic heterocycles. The van der Waals surface area contributed by atoms with E-state index in [9.17, 15) is 9.59 Å². The number of methoxy groups -OCH3 is 1. The summed E-state index contributed by atoms with van der Waals surface area (Å²) in [7, 11) is 3.32. The Morgan fingerprint density at radius 2 is 2.00 bits per heavy atom. The average molecular weight is 540 g/mol. The van der Waals surface area contributed by atoms with Gasteiger partial charge >= 0.3 is 5.69 Å². The second-order valence-corrected chi connectivity index (χ2v) is 9.05. The standard InChI is InChI=1S/C21H29IN6O3/c1-24-19-18(20(29)27(21(24)30)11-12-31-2)25(13-16-7-3-4-8-17(16)22)15-28(19)26-10-6-5-9-23-14-26/h3-4,7-8,23H,5-6,9-15H2,1-2H3. The highest BCUT2D eigenvalue weighted by Crippen LogP contribution is 2.34. The number of nitrogens with zero attached hydrogens (tertiary/aromatic N) is 5. The van der Waals surface area contributed by atoms with E-state index in [1.807, 2.05) is 12.1 Å². The number of halogens is 1. The number of rotatable bonds is 6. The minimum atomic E-state index is -0.315. The molecule has 9 nitrogen and oxygen atoms in total. The summed E-state index contributed by atoms with van der Waals surface area (Å²) in [4.78, 5) is 28.7. The molecular weight excluding hydrogens is 511 g/mol. The Bertz CT molecular complexity index is 1040. The van der Waals surface area contributed by atoms with Gasteiger partial charge in [-0.1, -0.05) is 18.2 Å². The molecule has 1 aromatic carbocycles. The molecule has 0 radical (unpaired) electrons. The molecule has 1 fully saturated rings. The second kappa shape index (κ2) is 9.72. The molecule has 1 saturated heterocycles. The van der Waals surface area contributed by atoms with Gasteiger partial charge in [0.1, 0.15) is 12.4 Å². The third-order valence-electron chi connectivity index (χ3n) is 5.85. The van der Waals surface area contributed by atoms with Gasteiger partial charge in [0.25, 0.3) is 5.56 Å². The first-order chi connectivity index (χ1) is 15.0. The van der Waals surface area contributed by atoms with Gasteiger partial charge in [0.2, 0.25) is 0 Å². The van der Waals surface area contributed by atoms with E-state index in [1.165, 1.54) is 4.57 Å². The minimum Gasteiger partial charge on any atom is -0.383 e. The van der Waals surface area contributed by atoms with Crippen molar-refractivity contribution in [3.8, 4) is 0 Å².